The van der Waals surface area contributed by atoms with Crippen molar-refractivity contribution < 1.29 is 19.4 Å². The molecule has 1 aliphatic carbocycles. The number of nitrogens with zero attached hydrogens (tertiary/aromatic N) is 1. The van der Waals surface area contributed by atoms with E-state index in [0.29, 0.717) is 17.5 Å². The molecule has 1 aromatic heterocycles. The van der Waals surface area contributed by atoms with Crippen LogP contribution in [0.15, 0.2) is 33.5 Å². The van der Waals surface area contributed by atoms with E-state index in [2.05, 4.69) is 0 Å². The first-order chi connectivity index (χ1) is 10.0. The van der Waals surface area contributed by atoms with Gasteiger partial charge in [0.15, 0.2) is 0 Å². The highest BCUT2D eigenvalue weighted by atomic mass is 16.4. The van der Waals surface area contributed by atoms with E-state index in [1.807, 2.05) is 4.90 Å². The number of benzene rings is 1. The van der Waals surface area contributed by atoms with Crippen molar-refractivity contribution in [3.8, 4) is 5.75 Å². The molecular formula is C15H15NO5. The maximum atomic E-state index is 11.6. The van der Waals surface area contributed by atoms with Crippen LogP contribution in [0.4, 0.5) is 0 Å². The molecule has 0 aliphatic heterocycles. The number of carboxylic acid groups (broad SMARTS) is 1. The maximum Gasteiger partial charge on any atom is 0.336 e. The van der Waals surface area contributed by atoms with Crippen LogP contribution >= 0.6 is 0 Å². The van der Waals surface area contributed by atoms with Crippen molar-refractivity contribution in [2.45, 2.75) is 25.4 Å². The summed E-state index contributed by atoms with van der Waals surface area (Å²) in [7, 11) is 0. The van der Waals surface area contributed by atoms with Crippen molar-refractivity contribution in [3.05, 3.63) is 40.2 Å². The van der Waals surface area contributed by atoms with Gasteiger partial charge in [-0.15, -0.1) is 0 Å². The quantitative estimate of drug-likeness (QED) is 0.811. The lowest BCUT2D eigenvalue weighted by Crippen LogP contribution is -2.31. The molecule has 0 spiro atoms. The molecule has 6 nitrogen and oxygen atoms in total. The van der Waals surface area contributed by atoms with E-state index in [9.17, 15) is 14.7 Å². The molecule has 6 heteroatoms. The molecule has 0 atom stereocenters. The molecule has 1 aromatic carbocycles. The normalized spacial score (nSPS) is 14.7. The molecule has 1 fully saturated rings. The highest BCUT2D eigenvalue weighted by molar-refractivity contribution is 5.81. The third-order valence-electron chi connectivity index (χ3n) is 3.59. The Morgan fingerprint density at radius 3 is 2.76 bits per heavy atom. The molecule has 0 bridgehead atoms. The average molecular weight is 289 g/mol. The lowest BCUT2D eigenvalue weighted by Gasteiger charge is -2.20. The standard InChI is InChI=1S/C15H15NO5/c17-11-3-4-12-9(5-15(20)21-13(12)6-11)7-16(8-14(18)19)10-1-2-10/h3-6,10,17H,1-2,7-8H2,(H,18,19). The Hall–Kier alpha value is -2.34. The number of fused-ring (bicyclic) bond motifs is 1. The van der Waals surface area contributed by atoms with Crippen LogP contribution in [-0.4, -0.2) is 33.7 Å². The SMILES string of the molecule is O=C(O)CN(Cc1cc(=O)oc2cc(O)ccc12)C1CC1. The fraction of sp³-hybridized carbons (Fsp3) is 0.333. The molecule has 0 amide bonds. The van der Waals surface area contributed by atoms with Gasteiger partial charge in [-0.3, -0.25) is 9.69 Å². The van der Waals surface area contributed by atoms with Crippen LogP contribution in [0, 0.1) is 0 Å². The number of phenolic OH excluding ortho intramolecular Hbond substituents is 1. The fourth-order valence-electron chi connectivity index (χ4n) is 2.50. The van der Waals surface area contributed by atoms with Gasteiger partial charge in [-0.25, -0.2) is 4.79 Å². The Bertz CT molecular complexity index is 747. The van der Waals surface area contributed by atoms with Crippen molar-refractivity contribution in [1.82, 2.24) is 4.90 Å². The summed E-state index contributed by atoms with van der Waals surface area (Å²) in [5.74, 6) is -0.862. The number of hydrogen-bond donors (Lipinski definition) is 2. The predicted molar refractivity (Wildman–Crippen MR) is 75.2 cm³/mol. The number of aliphatic carboxylic acids is 1. The molecule has 110 valence electrons. The van der Waals surface area contributed by atoms with Gasteiger partial charge in [0.2, 0.25) is 0 Å². The van der Waals surface area contributed by atoms with Gasteiger partial charge in [0.25, 0.3) is 0 Å². The van der Waals surface area contributed by atoms with Crippen LogP contribution in [0.1, 0.15) is 18.4 Å². The summed E-state index contributed by atoms with van der Waals surface area (Å²) in [4.78, 5) is 24.4. The second-order valence-electron chi connectivity index (χ2n) is 5.30. The van der Waals surface area contributed by atoms with Crippen LogP contribution < -0.4 is 5.63 Å². The topological polar surface area (TPSA) is 91.0 Å². The Kier molecular flexibility index (Phi) is 3.39. The number of carboxylic acids is 1. The van der Waals surface area contributed by atoms with Crippen LogP contribution in [0.2, 0.25) is 0 Å². The third kappa shape index (κ3) is 3.05. The van der Waals surface area contributed by atoms with Crippen LogP contribution in [0.3, 0.4) is 0 Å². The van der Waals surface area contributed by atoms with Gasteiger partial charge < -0.3 is 14.6 Å². The number of phenols is 1. The van der Waals surface area contributed by atoms with Crippen LogP contribution in [0.25, 0.3) is 11.0 Å². The second-order valence-corrected chi connectivity index (χ2v) is 5.30. The minimum atomic E-state index is -0.883. The molecule has 1 aliphatic rings. The Morgan fingerprint density at radius 1 is 1.33 bits per heavy atom. The smallest absolute Gasteiger partial charge is 0.336 e. The molecule has 0 radical (unpaired) electrons. The van der Waals surface area contributed by atoms with Gasteiger partial charge >= 0.3 is 11.6 Å². The predicted octanol–water partition coefficient (Wildman–Crippen LogP) is 1.55. The number of aromatic hydroxyl groups is 1. The molecule has 3 rings (SSSR count). The largest absolute Gasteiger partial charge is 0.508 e. The first kappa shape index (κ1) is 13.6. The van der Waals surface area contributed by atoms with Crippen LogP contribution in [0.5, 0.6) is 5.75 Å². The van der Waals surface area contributed by atoms with Crippen molar-refractivity contribution in [3.63, 3.8) is 0 Å². The Morgan fingerprint density at radius 2 is 2.10 bits per heavy atom. The summed E-state index contributed by atoms with van der Waals surface area (Å²) in [5.41, 5.74) is 0.521. The van der Waals surface area contributed by atoms with Gasteiger partial charge in [-0.05, 0) is 30.5 Å². The van der Waals surface area contributed by atoms with Gasteiger partial charge in [0.05, 0.1) is 6.54 Å². The molecule has 1 heterocycles. The maximum absolute atomic E-state index is 11.6. The zero-order chi connectivity index (χ0) is 15.0. The summed E-state index contributed by atoms with van der Waals surface area (Å²) < 4.78 is 5.07. The van der Waals surface area contributed by atoms with Gasteiger partial charge in [0.1, 0.15) is 11.3 Å². The lowest BCUT2D eigenvalue weighted by atomic mass is 10.1. The molecular weight excluding hydrogens is 274 g/mol. The molecule has 1 saturated carbocycles. The summed E-state index contributed by atoms with van der Waals surface area (Å²) in [6, 6.07) is 6.23. The van der Waals surface area contributed by atoms with E-state index < -0.39 is 11.6 Å². The monoisotopic (exact) mass is 289 g/mol. The second kappa shape index (κ2) is 5.21. The molecule has 0 saturated heterocycles. The number of hydrogen-bond acceptors (Lipinski definition) is 5. The zero-order valence-electron chi connectivity index (χ0n) is 11.3. The van der Waals surface area contributed by atoms with E-state index in [1.165, 1.54) is 18.2 Å². The Balaban J connectivity index is 1.98. The van der Waals surface area contributed by atoms with Crippen molar-refractivity contribution in [1.29, 1.82) is 0 Å². The highest BCUT2D eigenvalue weighted by Crippen LogP contribution is 2.30. The van der Waals surface area contributed by atoms with E-state index >= 15 is 0 Å². The Labute approximate surface area is 120 Å². The first-order valence-corrected chi connectivity index (χ1v) is 6.74. The van der Waals surface area contributed by atoms with Crippen molar-refractivity contribution in [2.75, 3.05) is 6.54 Å². The van der Waals surface area contributed by atoms with Crippen LogP contribution in [-0.2, 0) is 11.3 Å². The van der Waals surface area contributed by atoms with Gasteiger partial charge in [-0.2, -0.15) is 0 Å². The fourth-order valence-corrected chi connectivity index (χ4v) is 2.50. The molecule has 0 unspecified atom stereocenters. The van der Waals surface area contributed by atoms with E-state index in [4.69, 9.17) is 9.52 Å². The summed E-state index contributed by atoms with van der Waals surface area (Å²) >= 11 is 0. The average Bonchev–Trinajstić information content (AvgIpc) is 3.20. The van der Waals surface area contributed by atoms with E-state index in [0.717, 1.165) is 18.4 Å². The number of carbonyl (C=O) groups is 1. The molecule has 2 aromatic rings. The first-order valence-electron chi connectivity index (χ1n) is 6.74. The zero-order valence-corrected chi connectivity index (χ0v) is 11.3. The van der Waals surface area contributed by atoms with E-state index in [1.54, 1.807) is 6.07 Å². The summed E-state index contributed by atoms with van der Waals surface area (Å²) in [6.45, 7) is 0.328. The summed E-state index contributed by atoms with van der Waals surface area (Å²) in [6.07, 6.45) is 1.96. The highest BCUT2D eigenvalue weighted by Gasteiger charge is 2.30. The number of rotatable bonds is 5. The minimum Gasteiger partial charge on any atom is -0.508 e. The molecule has 21 heavy (non-hydrogen) atoms. The minimum absolute atomic E-state index is 0.0207. The van der Waals surface area contributed by atoms with Crippen molar-refractivity contribution in [2.24, 2.45) is 0 Å². The molecule has 2 N–H and O–H groups in total. The third-order valence-corrected chi connectivity index (χ3v) is 3.59. The van der Waals surface area contributed by atoms with Crippen molar-refractivity contribution >= 4 is 16.9 Å². The van der Waals surface area contributed by atoms with Gasteiger partial charge in [0, 0.05) is 30.1 Å². The van der Waals surface area contributed by atoms with Gasteiger partial charge in [-0.1, -0.05) is 0 Å². The summed E-state index contributed by atoms with van der Waals surface area (Å²) in [5, 5.41) is 19.2. The van der Waals surface area contributed by atoms with E-state index in [-0.39, 0.29) is 18.3 Å². The lowest BCUT2D eigenvalue weighted by molar-refractivity contribution is -0.138.